The van der Waals surface area contributed by atoms with Crippen molar-refractivity contribution in [2.75, 3.05) is 17.2 Å². The maximum absolute atomic E-state index is 14.2. The van der Waals surface area contributed by atoms with Gasteiger partial charge in [0, 0.05) is 34.9 Å². The fraction of sp³-hybridized carbons (Fsp3) is 0.286. The summed E-state index contributed by atoms with van der Waals surface area (Å²) < 4.78 is 4.02. The van der Waals surface area contributed by atoms with Crippen LogP contribution in [0.2, 0.25) is 0 Å². The monoisotopic (exact) mass is 532 g/mol. The number of aromatic amines is 1. The number of amides is 3. The van der Waals surface area contributed by atoms with Crippen LogP contribution >= 0.6 is 11.5 Å². The average Bonchev–Trinajstić information content (AvgIpc) is 3.47. The van der Waals surface area contributed by atoms with Crippen LogP contribution in [-0.4, -0.2) is 33.6 Å². The summed E-state index contributed by atoms with van der Waals surface area (Å²) in [6.07, 6.45) is 2.54. The van der Waals surface area contributed by atoms with E-state index < -0.39 is 17.9 Å². The number of H-pyrrole nitrogens is 1. The van der Waals surface area contributed by atoms with E-state index >= 15 is 0 Å². The normalized spacial score (nSPS) is 12.0. The van der Waals surface area contributed by atoms with E-state index in [0.29, 0.717) is 23.7 Å². The van der Waals surface area contributed by atoms with Crippen LogP contribution in [0.4, 0.5) is 11.4 Å². The van der Waals surface area contributed by atoms with Crippen LogP contribution in [0.25, 0.3) is 10.9 Å². The summed E-state index contributed by atoms with van der Waals surface area (Å²) in [4.78, 5) is 44.7. The molecule has 6 N–H and O–H groups in total. The molecule has 0 fully saturated rings. The molecule has 10 heteroatoms. The van der Waals surface area contributed by atoms with Gasteiger partial charge >= 0.3 is 0 Å². The smallest absolute Gasteiger partial charge is 0.273 e. The predicted molar refractivity (Wildman–Crippen MR) is 151 cm³/mol. The Kier molecular flexibility index (Phi) is 7.82. The summed E-state index contributed by atoms with van der Waals surface area (Å²) in [6, 6.07) is 12.1. The van der Waals surface area contributed by atoms with Gasteiger partial charge in [0.2, 0.25) is 5.91 Å². The van der Waals surface area contributed by atoms with Gasteiger partial charge in [0.05, 0.1) is 5.69 Å². The van der Waals surface area contributed by atoms with E-state index in [1.807, 2.05) is 50.2 Å². The SMILES string of the molecule is Cc1ccc(N(C(=O)c2snc(C(N)=O)c2N)[C@@H](C(=O)NCCC(C)C)c2c[nH]c3ccccc23)cc1C. The fourth-order valence-electron chi connectivity index (χ4n) is 4.30. The Labute approximate surface area is 225 Å². The van der Waals surface area contributed by atoms with Crippen LogP contribution in [0.3, 0.4) is 0 Å². The molecular formula is C28H32N6O3S. The zero-order valence-electron chi connectivity index (χ0n) is 21.9. The molecule has 0 aliphatic rings. The molecule has 4 rings (SSSR count). The number of nitrogens with one attached hydrogen (secondary N) is 2. The number of carbonyl (C=O) groups excluding carboxylic acids is 3. The van der Waals surface area contributed by atoms with E-state index in [4.69, 9.17) is 11.5 Å². The Morgan fingerprint density at radius 2 is 1.84 bits per heavy atom. The van der Waals surface area contributed by atoms with Gasteiger partial charge in [-0.2, -0.15) is 4.37 Å². The summed E-state index contributed by atoms with van der Waals surface area (Å²) in [5.74, 6) is -1.32. The molecule has 0 aliphatic carbocycles. The van der Waals surface area contributed by atoms with E-state index in [1.165, 1.54) is 4.90 Å². The van der Waals surface area contributed by atoms with Crippen molar-refractivity contribution in [1.29, 1.82) is 0 Å². The minimum atomic E-state index is -1.04. The molecule has 198 valence electrons. The first-order valence-corrected chi connectivity index (χ1v) is 13.2. The standard InChI is InChI=1S/C28H32N6O3S/c1-15(2)11-12-31-27(36)24(20-14-32-21-8-6-5-7-19(20)21)34(18-10-9-16(3)17(4)13-18)28(37)25-22(29)23(26(30)35)33-38-25/h5-10,13-15,24,32H,11-12,29H2,1-4H3,(H2,30,35)(H,31,36)/t24-/m1/s1. The number of anilines is 2. The summed E-state index contributed by atoms with van der Waals surface area (Å²) in [5.41, 5.74) is 15.3. The van der Waals surface area contributed by atoms with E-state index in [0.717, 1.165) is 40.0 Å². The van der Waals surface area contributed by atoms with Crippen molar-refractivity contribution >= 4 is 51.5 Å². The van der Waals surface area contributed by atoms with Crippen molar-refractivity contribution in [2.45, 2.75) is 40.2 Å². The molecule has 0 bridgehead atoms. The van der Waals surface area contributed by atoms with Crippen LogP contribution in [0.15, 0.2) is 48.7 Å². The van der Waals surface area contributed by atoms with E-state index in [2.05, 4.69) is 28.5 Å². The van der Waals surface area contributed by atoms with E-state index in [9.17, 15) is 14.4 Å². The van der Waals surface area contributed by atoms with Gasteiger partial charge in [0.1, 0.15) is 10.9 Å². The Morgan fingerprint density at radius 1 is 1.11 bits per heavy atom. The first-order valence-electron chi connectivity index (χ1n) is 12.4. The molecular weight excluding hydrogens is 500 g/mol. The minimum absolute atomic E-state index is 0.0387. The highest BCUT2D eigenvalue weighted by Crippen LogP contribution is 2.36. The van der Waals surface area contributed by atoms with Gasteiger partial charge in [-0.25, -0.2) is 0 Å². The second-order valence-corrected chi connectivity index (χ2v) is 10.5. The number of benzene rings is 2. The zero-order chi connectivity index (χ0) is 27.6. The van der Waals surface area contributed by atoms with Gasteiger partial charge in [-0.05, 0) is 67.0 Å². The average molecular weight is 533 g/mol. The molecule has 9 nitrogen and oxygen atoms in total. The molecule has 1 atom stereocenters. The molecule has 0 aliphatic heterocycles. The lowest BCUT2D eigenvalue weighted by molar-refractivity contribution is -0.122. The number of hydrogen-bond donors (Lipinski definition) is 4. The molecule has 0 saturated carbocycles. The molecule has 2 aromatic carbocycles. The molecule has 2 heterocycles. The van der Waals surface area contributed by atoms with Gasteiger partial charge in [0.25, 0.3) is 11.8 Å². The second kappa shape index (κ2) is 11.1. The van der Waals surface area contributed by atoms with Crippen LogP contribution in [-0.2, 0) is 4.79 Å². The Bertz CT molecular complexity index is 1510. The second-order valence-electron chi connectivity index (χ2n) is 9.75. The van der Waals surface area contributed by atoms with Crippen molar-refractivity contribution < 1.29 is 14.4 Å². The van der Waals surface area contributed by atoms with E-state index in [1.54, 1.807) is 12.3 Å². The van der Waals surface area contributed by atoms with Crippen molar-refractivity contribution in [3.05, 3.63) is 75.9 Å². The number of nitrogens with two attached hydrogens (primary N) is 2. The maximum atomic E-state index is 14.2. The molecule has 4 aromatic rings. The van der Waals surface area contributed by atoms with Crippen molar-refractivity contribution in [2.24, 2.45) is 11.7 Å². The van der Waals surface area contributed by atoms with Crippen LogP contribution < -0.4 is 21.7 Å². The molecule has 0 saturated heterocycles. The van der Waals surface area contributed by atoms with Crippen LogP contribution in [0.1, 0.15) is 63.2 Å². The number of nitrogens with zero attached hydrogens (tertiary/aromatic N) is 2. The molecule has 2 aromatic heterocycles. The lowest BCUT2D eigenvalue weighted by Crippen LogP contribution is -2.44. The van der Waals surface area contributed by atoms with Crippen LogP contribution in [0, 0.1) is 19.8 Å². The number of aromatic nitrogens is 2. The Morgan fingerprint density at radius 3 is 2.50 bits per heavy atom. The third-order valence-corrected chi connectivity index (χ3v) is 7.44. The first-order chi connectivity index (χ1) is 18.1. The third kappa shape index (κ3) is 5.26. The number of primary amides is 1. The summed E-state index contributed by atoms with van der Waals surface area (Å²) in [7, 11) is 0. The fourth-order valence-corrected chi connectivity index (χ4v) is 5.04. The number of carbonyl (C=O) groups is 3. The number of para-hydroxylation sites is 1. The minimum Gasteiger partial charge on any atom is -0.395 e. The largest absolute Gasteiger partial charge is 0.395 e. The molecule has 0 radical (unpaired) electrons. The predicted octanol–water partition coefficient (Wildman–Crippen LogP) is 4.47. The van der Waals surface area contributed by atoms with Crippen molar-refractivity contribution in [1.82, 2.24) is 14.7 Å². The van der Waals surface area contributed by atoms with Gasteiger partial charge < -0.3 is 21.8 Å². The molecule has 0 spiro atoms. The third-order valence-electron chi connectivity index (χ3n) is 6.59. The highest BCUT2D eigenvalue weighted by molar-refractivity contribution is 7.09. The summed E-state index contributed by atoms with van der Waals surface area (Å²) in [5, 5.41) is 3.84. The lowest BCUT2D eigenvalue weighted by atomic mass is 10.00. The van der Waals surface area contributed by atoms with Crippen molar-refractivity contribution in [3.8, 4) is 0 Å². The number of rotatable bonds is 9. The number of nitrogen functional groups attached to an aromatic ring is 1. The van der Waals surface area contributed by atoms with Gasteiger partial charge in [-0.15, -0.1) is 0 Å². The van der Waals surface area contributed by atoms with Gasteiger partial charge in [-0.3, -0.25) is 19.3 Å². The van der Waals surface area contributed by atoms with Crippen molar-refractivity contribution in [3.63, 3.8) is 0 Å². The van der Waals surface area contributed by atoms with Gasteiger partial charge in [-0.1, -0.05) is 38.1 Å². The summed E-state index contributed by atoms with van der Waals surface area (Å²) >= 11 is 0.788. The molecule has 3 amide bonds. The first kappa shape index (κ1) is 26.9. The highest BCUT2D eigenvalue weighted by atomic mass is 32.1. The highest BCUT2D eigenvalue weighted by Gasteiger charge is 2.37. The van der Waals surface area contributed by atoms with Gasteiger partial charge in [0.15, 0.2) is 5.69 Å². The zero-order valence-corrected chi connectivity index (χ0v) is 22.7. The topological polar surface area (TPSA) is 147 Å². The quantitative estimate of drug-likeness (QED) is 0.251. The maximum Gasteiger partial charge on any atom is 0.273 e. The Hall–Kier alpha value is -4.18. The number of aryl methyl sites for hydroxylation is 2. The molecule has 38 heavy (non-hydrogen) atoms. The van der Waals surface area contributed by atoms with Crippen LogP contribution in [0.5, 0.6) is 0 Å². The Balaban J connectivity index is 1.92. The summed E-state index contributed by atoms with van der Waals surface area (Å²) in [6.45, 7) is 8.53. The van der Waals surface area contributed by atoms with E-state index in [-0.39, 0.29) is 22.2 Å². The number of fused-ring (bicyclic) bond motifs is 1. The number of hydrogen-bond acceptors (Lipinski definition) is 6. The molecule has 0 unspecified atom stereocenters. The lowest BCUT2D eigenvalue weighted by Gasteiger charge is -2.31.